The first-order valence-electron chi connectivity index (χ1n) is 8.60. The number of aromatic nitrogens is 1. The summed E-state index contributed by atoms with van der Waals surface area (Å²) in [6, 6.07) is 10.5. The smallest absolute Gasteiger partial charge is 0.271 e. The molecule has 0 aliphatic heterocycles. The summed E-state index contributed by atoms with van der Waals surface area (Å²) in [6.07, 6.45) is 8.72. The maximum Gasteiger partial charge on any atom is 0.271 e. The Morgan fingerprint density at radius 1 is 1.08 bits per heavy atom. The Kier molecular flexibility index (Phi) is 5.61. The lowest BCUT2D eigenvalue weighted by molar-refractivity contribution is -0.120. The molecule has 1 saturated carbocycles. The van der Waals surface area contributed by atoms with E-state index >= 15 is 0 Å². The van der Waals surface area contributed by atoms with Gasteiger partial charge in [0.25, 0.3) is 5.91 Å². The first-order valence-corrected chi connectivity index (χ1v) is 8.60. The van der Waals surface area contributed by atoms with E-state index in [1.54, 1.807) is 30.5 Å². The molecule has 6 heteroatoms. The van der Waals surface area contributed by atoms with Crippen molar-refractivity contribution in [1.29, 1.82) is 0 Å². The molecule has 3 rings (SSSR count). The van der Waals surface area contributed by atoms with Crippen molar-refractivity contribution in [1.82, 2.24) is 10.4 Å². The number of H-pyrrole nitrogens is 1. The second-order valence-corrected chi connectivity index (χ2v) is 6.23. The second-order valence-electron chi connectivity index (χ2n) is 6.23. The average Bonchev–Trinajstić information content (AvgIpc) is 3.16. The fourth-order valence-electron chi connectivity index (χ4n) is 2.96. The summed E-state index contributed by atoms with van der Waals surface area (Å²) in [5.41, 5.74) is 4.47. The van der Waals surface area contributed by atoms with Gasteiger partial charge in [-0.05, 0) is 49.2 Å². The second kappa shape index (κ2) is 8.28. The van der Waals surface area contributed by atoms with Gasteiger partial charge in [-0.1, -0.05) is 19.3 Å². The van der Waals surface area contributed by atoms with Crippen molar-refractivity contribution in [3.63, 3.8) is 0 Å². The molecular weight excluding hydrogens is 316 g/mol. The van der Waals surface area contributed by atoms with Crippen molar-refractivity contribution >= 4 is 23.7 Å². The van der Waals surface area contributed by atoms with Crippen molar-refractivity contribution in [3.8, 4) is 0 Å². The highest BCUT2D eigenvalue weighted by Crippen LogP contribution is 2.25. The molecule has 0 atom stereocenters. The Bertz CT molecular complexity index is 729. The number of nitrogens with one attached hydrogen (secondary N) is 3. The summed E-state index contributed by atoms with van der Waals surface area (Å²) in [6.45, 7) is 0. The normalized spacial score (nSPS) is 15.2. The monoisotopic (exact) mass is 338 g/mol. The lowest BCUT2D eigenvalue weighted by Crippen LogP contribution is -2.24. The zero-order valence-electron chi connectivity index (χ0n) is 14.0. The van der Waals surface area contributed by atoms with Gasteiger partial charge in [-0.15, -0.1) is 0 Å². The van der Waals surface area contributed by atoms with Crippen molar-refractivity contribution in [3.05, 3.63) is 53.9 Å². The van der Waals surface area contributed by atoms with Crippen LogP contribution in [-0.2, 0) is 4.79 Å². The van der Waals surface area contributed by atoms with Crippen LogP contribution in [0.4, 0.5) is 5.69 Å². The quantitative estimate of drug-likeness (QED) is 0.577. The molecule has 2 aromatic rings. The number of carbonyl (C=O) groups excluding carboxylic acids is 2. The standard InChI is InChI=1S/C19H22N4O2/c24-18(14-5-2-1-3-6-14)22-16-10-8-15(9-11-16)19(25)23-21-13-17-7-4-12-20-17/h4,7-14,20H,1-3,5-6H2,(H,22,24)(H,23,25)/b21-13+. The summed E-state index contributed by atoms with van der Waals surface area (Å²) >= 11 is 0. The van der Waals surface area contributed by atoms with Crippen LogP contribution in [0.2, 0.25) is 0 Å². The molecular formula is C19H22N4O2. The van der Waals surface area contributed by atoms with Crippen molar-refractivity contribution in [2.75, 3.05) is 5.32 Å². The molecule has 0 unspecified atom stereocenters. The molecule has 1 heterocycles. The van der Waals surface area contributed by atoms with Crippen LogP contribution in [0, 0.1) is 5.92 Å². The highest BCUT2D eigenvalue weighted by atomic mass is 16.2. The number of benzene rings is 1. The van der Waals surface area contributed by atoms with E-state index in [2.05, 4.69) is 20.8 Å². The molecule has 1 fully saturated rings. The van der Waals surface area contributed by atoms with Gasteiger partial charge in [0.1, 0.15) is 0 Å². The van der Waals surface area contributed by atoms with Crippen LogP contribution in [0.25, 0.3) is 0 Å². The van der Waals surface area contributed by atoms with Gasteiger partial charge in [0.2, 0.25) is 5.91 Å². The maximum absolute atomic E-state index is 12.2. The summed E-state index contributed by atoms with van der Waals surface area (Å²) in [5.74, 6) is -0.112. The van der Waals surface area contributed by atoms with Crippen molar-refractivity contribution in [2.45, 2.75) is 32.1 Å². The molecule has 1 aliphatic carbocycles. The SMILES string of the molecule is O=C(N/N=C/c1ccc[nH]1)c1ccc(NC(=O)C2CCCCC2)cc1. The Balaban J connectivity index is 1.52. The molecule has 0 saturated heterocycles. The first-order chi connectivity index (χ1) is 12.2. The third-order valence-corrected chi connectivity index (χ3v) is 4.38. The molecule has 0 spiro atoms. The van der Waals surface area contributed by atoms with Crippen LogP contribution in [0.1, 0.15) is 48.2 Å². The van der Waals surface area contributed by atoms with E-state index in [1.165, 1.54) is 12.6 Å². The zero-order chi connectivity index (χ0) is 17.5. The maximum atomic E-state index is 12.2. The first kappa shape index (κ1) is 17.0. The van der Waals surface area contributed by atoms with Crippen LogP contribution in [-0.4, -0.2) is 23.0 Å². The minimum absolute atomic E-state index is 0.0763. The average molecular weight is 338 g/mol. The molecule has 130 valence electrons. The molecule has 1 aliphatic rings. The minimum Gasteiger partial charge on any atom is -0.360 e. The van der Waals surface area contributed by atoms with E-state index in [0.717, 1.165) is 31.4 Å². The predicted octanol–water partition coefficient (Wildman–Crippen LogP) is 3.30. The van der Waals surface area contributed by atoms with Crippen LogP contribution in [0.3, 0.4) is 0 Å². The topological polar surface area (TPSA) is 86.3 Å². The van der Waals surface area contributed by atoms with Crippen LogP contribution in [0.15, 0.2) is 47.7 Å². The van der Waals surface area contributed by atoms with Crippen LogP contribution in [0.5, 0.6) is 0 Å². The van der Waals surface area contributed by atoms with E-state index in [-0.39, 0.29) is 17.7 Å². The number of hydrogen-bond acceptors (Lipinski definition) is 3. The molecule has 25 heavy (non-hydrogen) atoms. The molecule has 1 aromatic carbocycles. The highest BCUT2D eigenvalue weighted by molar-refractivity contribution is 5.96. The van der Waals surface area contributed by atoms with Gasteiger partial charge >= 0.3 is 0 Å². The van der Waals surface area contributed by atoms with E-state index in [1.807, 2.05) is 12.1 Å². The molecule has 0 radical (unpaired) electrons. The zero-order valence-corrected chi connectivity index (χ0v) is 14.0. The van der Waals surface area contributed by atoms with Gasteiger partial charge in [0, 0.05) is 23.4 Å². The lowest BCUT2D eigenvalue weighted by Gasteiger charge is -2.20. The van der Waals surface area contributed by atoms with Gasteiger partial charge in [0.05, 0.1) is 11.9 Å². The summed E-state index contributed by atoms with van der Waals surface area (Å²) in [4.78, 5) is 27.2. The lowest BCUT2D eigenvalue weighted by atomic mass is 9.88. The van der Waals surface area contributed by atoms with Gasteiger partial charge in [-0.3, -0.25) is 9.59 Å². The van der Waals surface area contributed by atoms with E-state index in [4.69, 9.17) is 0 Å². The summed E-state index contributed by atoms with van der Waals surface area (Å²) in [7, 11) is 0. The largest absolute Gasteiger partial charge is 0.360 e. The van der Waals surface area contributed by atoms with E-state index in [0.29, 0.717) is 11.3 Å². The molecule has 1 aromatic heterocycles. The van der Waals surface area contributed by atoms with E-state index < -0.39 is 0 Å². The fraction of sp³-hybridized carbons (Fsp3) is 0.316. The minimum atomic E-state index is -0.298. The number of hydrogen-bond donors (Lipinski definition) is 3. The number of amides is 2. The number of nitrogens with zero attached hydrogens (tertiary/aromatic N) is 1. The Morgan fingerprint density at radius 3 is 2.52 bits per heavy atom. The van der Waals surface area contributed by atoms with Gasteiger partial charge in [-0.25, -0.2) is 5.43 Å². The molecule has 3 N–H and O–H groups in total. The number of carbonyl (C=O) groups is 2. The van der Waals surface area contributed by atoms with Gasteiger partial charge in [-0.2, -0.15) is 5.10 Å². The number of rotatable bonds is 5. The fourth-order valence-corrected chi connectivity index (χ4v) is 2.96. The summed E-state index contributed by atoms with van der Waals surface area (Å²) in [5, 5.41) is 6.83. The Labute approximate surface area is 146 Å². The highest BCUT2D eigenvalue weighted by Gasteiger charge is 2.21. The Hall–Kier alpha value is -2.89. The van der Waals surface area contributed by atoms with Crippen LogP contribution < -0.4 is 10.7 Å². The predicted molar refractivity (Wildman–Crippen MR) is 97.5 cm³/mol. The van der Waals surface area contributed by atoms with Crippen molar-refractivity contribution < 1.29 is 9.59 Å². The number of anilines is 1. The molecule has 6 nitrogen and oxygen atoms in total. The Morgan fingerprint density at radius 2 is 1.84 bits per heavy atom. The van der Waals surface area contributed by atoms with Crippen molar-refractivity contribution in [2.24, 2.45) is 11.0 Å². The summed E-state index contributed by atoms with van der Waals surface area (Å²) < 4.78 is 0. The third-order valence-electron chi connectivity index (χ3n) is 4.38. The third kappa shape index (κ3) is 4.79. The molecule has 2 amide bonds. The van der Waals surface area contributed by atoms with Gasteiger partial charge in [0.15, 0.2) is 0 Å². The van der Waals surface area contributed by atoms with Gasteiger partial charge < -0.3 is 10.3 Å². The van der Waals surface area contributed by atoms with Crippen LogP contribution >= 0.6 is 0 Å². The van der Waals surface area contributed by atoms with E-state index in [9.17, 15) is 9.59 Å². The number of aromatic amines is 1. The molecule has 0 bridgehead atoms. The number of hydrazone groups is 1.